The van der Waals surface area contributed by atoms with Crippen LogP contribution in [0.5, 0.6) is 0 Å². The lowest BCUT2D eigenvalue weighted by Crippen LogP contribution is -2.60. The molecule has 148 valence electrons. The van der Waals surface area contributed by atoms with Crippen molar-refractivity contribution < 1.29 is 10.2 Å². The summed E-state index contributed by atoms with van der Waals surface area (Å²) in [7, 11) is 0. The van der Waals surface area contributed by atoms with Gasteiger partial charge in [0.1, 0.15) is 0 Å². The fourth-order valence-electron chi connectivity index (χ4n) is 3.38. The van der Waals surface area contributed by atoms with Crippen LogP contribution in [0.4, 0.5) is 0 Å². The zero-order valence-corrected chi connectivity index (χ0v) is 17.2. The number of aliphatic hydroxyl groups is 2. The predicted molar refractivity (Wildman–Crippen MR) is 112 cm³/mol. The van der Waals surface area contributed by atoms with Gasteiger partial charge in [0.2, 0.25) is 0 Å². The number of benzene rings is 2. The van der Waals surface area contributed by atoms with Gasteiger partial charge in [-0.05, 0) is 25.0 Å². The fraction of sp³-hybridized carbons (Fsp3) is 0.455. The molecule has 0 bridgehead atoms. The lowest BCUT2D eigenvalue weighted by Gasteiger charge is -2.48. The van der Waals surface area contributed by atoms with E-state index in [1.165, 1.54) is 17.5 Å². The van der Waals surface area contributed by atoms with E-state index in [1.54, 1.807) is 0 Å². The van der Waals surface area contributed by atoms with Crippen molar-refractivity contribution in [3.8, 4) is 0 Å². The molecule has 2 heterocycles. The van der Waals surface area contributed by atoms with E-state index in [9.17, 15) is 5.11 Å². The molecule has 0 aromatic heterocycles. The Kier molecular flexibility index (Phi) is 7.83. The molecule has 2 aliphatic heterocycles. The topological polar surface area (TPSA) is 55.7 Å². The SMILES string of the molecule is CC1(O)CN(C(c2ccccc2)c2ccccc2)C1.CC1(O)CNC1.CCl. The molecule has 0 spiro atoms. The Morgan fingerprint density at radius 3 is 1.44 bits per heavy atom. The molecule has 2 aromatic carbocycles. The third-order valence-corrected chi connectivity index (χ3v) is 4.69. The van der Waals surface area contributed by atoms with E-state index in [0.717, 1.165) is 26.2 Å². The van der Waals surface area contributed by atoms with Crippen molar-refractivity contribution in [1.29, 1.82) is 0 Å². The van der Waals surface area contributed by atoms with E-state index < -0.39 is 5.60 Å². The highest BCUT2D eigenvalue weighted by atomic mass is 35.5. The summed E-state index contributed by atoms with van der Waals surface area (Å²) in [6.45, 7) is 6.68. The van der Waals surface area contributed by atoms with Gasteiger partial charge in [-0.25, -0.2) is 0 Å². The second-order valence-electron chi connectivity index (χ2n) is 7.73. The molecule has 0 amide bonds. The van der Waals surface area contributed by atoms with Gasteiger partial charge in [-0.3, -0.25) is 4.90 Å². The summed E-state index contributed by atoms with van der Waals surface area (Å²) >= 11 is 4.64. The molecular formula is C22H31ClN2O2. The van der Waals surface area contributed by atoms with E-state index in [-0.39, 0.29) is 11.6 Å². The lowest BCUT2D eigenvalue weighted by atomic mass is 9.89. The molecule has 4 rings (SSSR count). The molecule has 0 atom stereocenters. The first kappa shape index (κ1) is 21.9. The molecule has 2 aromatic rings. The van der Waals surface area contributed by atoms with Gasteiger partial charge in [-0.2, -0.15) is 0 Å². The normalized spacial score (nSPS) is 19.5. The smallest absolute Gasteiger partial charge is 0.0872 e. The van der Waals surface area contributed by atoms with E-state index >= 15 is 0 Å². The van der Waals surface area contributed by atoms with Gasteiger partial charge in [0.15, 0.2) is 0 Å². The first-order valence-corrected chi connectivity index (χ1v) is 9.99. The van der Waals surface area contributed by atoms with Gasteiger partial charge in [0.25, 0.3) is 0 Å². The monoisotopic (exact) mass is 390 g/mol. The Bertz CT molecular complexity index is 624. The van der Waals surface area contributed by atoms with Gasteiger partial charge >= 0.3 is 0 Å². The average Bonchev–Trinajstić information content (AvgIpc) is 2.63. The highest BCUT2D eigenvalue weighted by Crippen LogP contribution is 2.35. The molecular weight excluding hydrogens is 360 g/mol. The summed E-state index contributed by atoms with van der Waals surface area (Å²) in [5.41, 5.74) is 1.63. The quantitative estimate of drug-likeness (QED) is 0.705. The molecule has 0 radical (unpaired) electrons. The minimum Gasteiger partial charge on any atom is -0.388 e. The number of β-amino-alcohol motifs (C(OH)–C–C–N with tert-alkyl or cyclic N) is 2. The Morgan fingerprint density at radius 1 is 0.815 bits per heavy atom. The van der Waals surface area contributed by atoms with Crippen LogP contribution in [0.3, 0.4) is 0 Å². The molecule has 0 aliphatic carbocycles. The third kappa shape index (κ3) is 6.30. The van der Waals surface area contributed by atoms with Crippen LogP contribution in [0.2, 0.25) is 0 Å². The second kappa shape index (κ2) is 9.67. The maximum absolute atomic E-state index is 9.98. The van der Waals surface area contributed by atoms with Gasteiger partial charge in [-0.1, -0.05) is 60.7 Å². The zero-order chi connectivity index (χ0) is 19.9. The van der Waals surface area contributed by atoms with Crippen LogP contribution < -0.4 is 5.32 Å². The van der Waals surface area contributed by atoms with Gasteiger partial charge < -0.3 is 15.5 Å². The largest absolute Gasteiger partial charge is 0.388 e. The Morgan fingerprint density at radius 2 is 1.19 bits per heavy atom. The van der Waals surface area contributed by atoms with Crippen LogP contribution >= 0.6 is 11.6 Å². The van der Waals surface area contributed by atoms with Crippen molar-refractivity contribution >= 4 is 11.6 Å². The highest BCUT2D eigenvalue weighted by molar-refractivity contribution is 6.15. The molecule has 2 saturated heterocycles. The van der Waals surface area contributed by atoms with E-state index in [2.05, 4.69) is 70.3 Å². The van der Waals surface area contributed by atoms with Crippen LogP contribution in [0, 0.1) is 0 Å². The maximum Gasteiger partial charge on any atom is 0.0872 e. The van der Waals surface area contributed by atoms with Crippen molar-refractivity contribution in [3.05, 3.63) is 71.8 Å². The minimum absolute atomic E-state index is 0.239. The molecule has 0 unspecified atom stereocenters. The van der Waals surface area contributed by atoms with Crippen molar-refractivity contribution in [3.63, 3.8) is 0 Å². The lowest BCUT2D eigenvalue weighted by molar-refractivity contribution is -0.0964. The number of likely N-dealkylation sites (tertiary alicyclic amines) is 1. The Balaban J connectivity index is 0.000000275. The van der Waals surface area contributed by atoms with Crippen LogP contribution in [0.25, 0.3) is 0 Å². The van der Waals surface area contributed by atoms with Crippen molar-refractivity contribution in [2.45, 2.75) is 31.1 Å². The van der Waals surface area contributed by atoms with Crippen molar-refractivity contribution in [2.24, 2.45) is 0 Å². The maximum atomic E-state index is 9.98. The summed E-state index contributed by atoms with van der Waals surface area (Å²) in [5.74, 6) is 0. The predicted octanol–water partition coefficient (Wildman–Crippen LogP) is 3.04. The van der Waals surface area contributed by atoms with Crippen molar-refractivity contribution in [2.75, 3.05) is 32.6 Å². The summed E-state index contributed by atoms with van der Waals surface area (Å²) in [6.07, 6.45) is 1.47. The van der Waals surface area contributed by atoms with Crippen LogP contribution in [0.15, 0.2) is 60.7 Å². The first-order chi connectivity index (χ1) is 12.9. The summed E-state index contributed by atoms with van der Waals surface area (Å²) in [5, 5.41) is 21.8. The molecule has 27 heavy (non-hydrogen) atoms. The summed E-state index contributed by atoms with van der Waals surface area (Å²) in [4.78, 5) is 2.32. The number of alkyl halides is 1. The second-order valence-corrected chi connectivity index (χ2v) is 7.73. The van der Waals surface area contributed by atoms with E-state index in [1.807, 2.05) is 26.0 Å². The number of rotatable bonds is 3. The van der Waals surface area contributed by atoms with E-state index in [0.29, 0.717) is 0 Å². The van der Waals surface area contributed by atoms with Gasteiger partial charge in [-0.15, -0.1) is 11.6 Å². The number of hydrogen-bond donors (Lipinski definition) is 3. The Hall–Kier alpha value is -1.43. The minimum atomic E-state index is -0.540. The molecule has 0 saturated carbocycles. The van der Waals surface area contributed by atoms with Crippen LogP contribution in [-0.4, -0.2) is 58.9 Å². The molecule has 4 nitrogen and oxygen atoms in total. The van der Waals surface area contributed by atoms with Gasteiger partial charge in [0, 0.05) is 32.6 Å². The third-order valence-electron chi connectivity index (χ3n) is 4.69. The van der Waals surface area contributed by atoms with E-state index in [4.69, 9.17) is 5.11 Å². The molecule has 2 aliphatic rings. The molecule has 3 N–H and O–H groups in total. The molecule has 2 fully saturated rings. The number of nitrogens with zero attached hydrogens (tertiary/aromatic N) is 1. The summed E-state index contributed by atoms with van der Waals surface area (Å²) < 4.78 is 0. The average molecular weight is 391 g/mol. The summed E-state index contributed by atoms with van der Waals surface area (Å²) in [6, 6.07) is 21.2. The molecule has 5 heteroatoms. The zero-order valence-electron chi connectivity index (χ0n) is 16.4. The highest BCUT2D eigenvalue weighted by Gasteiger charge is 2.41. The Labute approximate surface area is 167 Å². The fourth-order valence-corrected chi connectivity index (χ4v) is 3.38. The number of nitrogens with one attached hydrogen (secondary N) is 1. The van der Waals surface area contributed by atoms with Crippen LogP contribution in [-0.2, 0) is 0 Å². The van der Waals surface area contributed by atoms with Gasteiger partial charge in [0.05, 0.1) is 17.2 Å². The number of halogens is 1. The van der Waals surface area contributed by atoms with Crippen LogP contribution in [0.1, 0.15) is 31.0 Å². The first-order valence-electron chi connectivity index (χ1n) is 9.24. The van der Waals surface area contributed by atoms with Crippen molar-refractivity contribution in [1.82, 2.24) is 10.2 Å². The number of hydrogen-bond acceptors (Lipinski definition) is 4. The standard InChI is InChI=1S/C17H19NO.C4H9NO.CH3Cl/c1-17(19)12-18(13-17)16(14-8-4-2-5-9-14)15-10-6-3-7-11-15;1-4(6)2-5-3-4;1-2/h2-11,16,19H,12-13H2,1H3;5-6H,2-3H2,1H3;1H3.